The Morgan fingerprint density at radius 1 is 1.00 bits per heavy atom. The fourth-order valence-electron chi connectivity index (χ4n) is 3.49. The van der Waals surface area contributed by atoms with Gasteiger partial charge in [0.2, 0.25) is 17.7 Å². The van der Waals surface area contributed by atoms with E-state index in [4.69, 9.17) is 4.74 Å². The maximum atomic E-state index is 12.6. The van der Waals surface area contributed by atoms with Gasteiger partial charge in [0.15, 0.2) is 0 Å². The highest BCUT2D eigenvalue weighted by Gasteiger charge is 2.35. The topological polar surface area (TPSA) is 114 Å². The average molecular weight is 502 g/mol. The van der Waals surface area contributed by atoms with Gasteiger partial charge < -0.3 is 20.7 Å². The first-order valence-corrected chi connectivity index (χ1v) is 10.9. The predicted octanol–water partition coefficient (Wildman–Crippen LogP) is 1.27. The maximum absolute atomic E-state index is 12.6. The van der Waals surface area contributed by atoms with Gasteiger partial charge in [0, 0.05) is 17.3 Å². The van der Waals surface area contributed by atoms with Crippen LogP contribution in [-0.4, -0.2) is 48.9 Å². The Hall–Kier alpha value is -3.20. The lowest BCUT2D eigenvalue weighted by Gasteiger charge is -2.29. The maximum Gasteiger partial charge on any atom is 0.328 e. The van der Waals surface area contributed by atoms with Crippen molar-refractivity contribution in [1.29, 1.82) is 0 Å². The van der Waals surface area contributed by atoms with Crippen molar-refractivity contribution in [2.45, 2.75) is 37.4 Å². The summed E-state index contributed by atoms with van der Waals surface area (Å²) in [4.78, 5) is 49.7. The zero-order valence-corrected chi connectivity index (χ0v) is 19.1. The lowest BCUT2D eigenvalue weighted by Crippen LogP contribution is -2.63. The summed E-state index contributed by atoms with van der Waals surface area (Å²) in [5.41, 5.74) is 1.74. The molecule has 3 rings (SSSR count). The highest BCUT2D eigenvalue weighted by Crippen LogP contribution is 2.14. The number of nitrogens with one attached hydrogen (secondary N) is 3. The lowest BCUT2D eigenvalue weighted by atomic mass is 10.0. The van der Waals surface area contributed by atoms with Gasteiger partial charge in [-0.05, 0) is 23.3 Å². The van der Waals surface area contributed by atoms with Crippen LogP contribution in [-0.2, 0) is 36.8 Å². The van der Waals surface area contributed by atoms with Crippen LogP contribution in [0, 0.1) is 0 Å². The van der Waals surface area contributed by atoms with Crippen molar-refractivity contribution in [1.82, 2.24) is 16.0 Å². The molecule has 1 saturated heterocycles. The predicted molar refractivity (Wildman–Crippen MR) is 120 cm³/mol. The molecule has 0 saturated carbocycles. The number of rotatable bonds is 8. The normalized spacial score (nSPS) is 18.8. The van der Waals surface area contributed by atoms with Gasteiger partial charge >= 0.3 is 5.97 Å². The van der Waals surface area contributed by atoms with E-state index >= 15 is 0 Å². The first kappa shape index (κ1) is 23.5. The molecule has 0 unspecified atom stereocenters. The molecular weight excluding hydrogens is 478 g/mol. The van der Waals surface area contributed by atoms with Gasteiger partial charge in [-0.25, -0.2) is 4.79 Å². The van der Waals surface area contributed by atoms with E-state index in [0.29, 0.717) is 6.42 Å². The Bertz CT molecular complexity index is 998. The smallest absolute Gasteiger partial charge is 0.328 e. The molecular formula is C23H24BrN3O5. The van der Waals surface area contributed by atoms with Crippen LogP contribution in [0.15, 0.2) is 59.1 Å². The molecule has 168 valence electrons. The van der Waals surface area contributed by atoms with Crippen LogP contribution in [0.1, 0.15) is 17.5 Å². The van der Waals surface area contributed by atoms with Gasteiger partial charge in [-0.1, -0.05) is 58.4 Å². The summed E-state index contributed by atoms with van der Waals surface area (Å²) in [5, 5.41) is 7.89. The number of hydrogen-bond acceptors (Lipinski definition) is 5. The molecule has 1 aliphatic heterocycles. The van der Waals surface area contributed by atoms with E-state index in [1.165, 1.54) is 7.11 Å². The first-order valence-electron chi connectivity index (χ1n) is 10.1. The molecule has 0 radical (unpaired) electrons. The lowest BCUT2D eigenvalue weighted by molar-refractivity contribution is -0.145. The molecule has 0 aromatic heterocycles. The summed E-state index contributed by atoms with van der Waals surface area (Å²) < 4.78 is 5.64. The van der Waals surface area contributed by atoms with Crippen molar-refractivity contribution in [2.24, 2.45) is 0 Å². The van der Waals surface area contributed by atoms with E-state index in [-0.39, 0.29) is 18.7 Å². The van der Waals surface area contributed by atoms with Crippen LogP contribution in [0.4, 0.5) is 0 Å². The third-order valence-corrected chi connectivity index (χ3v) is 5.58. The first-order chi connectivity index (χ1) is 15.4. The molecule has 32 heavy (non-hydrogen) atoms. The van der Waals surface area contributed by atoms with Gasteiger partial charge in [0.1, 0.15) is 18.1 Å². The molecule has 0 spiro atoms. The largest absolute Gasteiger partial charge is 0.467 e. The van der Waals surface area contributed by atoms with Crippen LogP contribution in [0.2, 0.25) is 0 Å². The Labute approximate surface area is 194 Å². The van der Waals surface area contributed by atoms with E-state index in [2.05, 4.69) is 31.9 Å². The van der Waals surface area contributed by atoms with E-state index in [1.807, 2.05) is 54.6 Å². The van der Waals surface area contributed by atoms with E-state index in [1.54, 1.807) is 0 Å². The third kappa shape index (κ3) is 6.40. The monoisotopic (exact) mass is 501 g/mol. The van der Waals surface area contributed by atoms with Gasteiger partial charge in [0.25, 0.3) is 0 Å². The molecule has 2 aromatic rings. The third-order valence-electron chi connectivity index (χ3n) is 5.09. The zero-order chi connectivity index (χ0) is 23.1. The zero-order valence-electron chi connectivity index (χ0n) is 17.5. The number of carbonyl (C=O) groups is 4. The molecule has 1 aliphatic rings. The van der Waals surface area contributed by atoms with Crippen molar-refractivity contribution in [3.63, 3.8) is 0 Å². The highest BCUT2D eigenvalue weighted by molar-refractivity contribution is 9.10. The standard InChI is InChI=1S/C23H24BrN3O5/c1-32-23(31)19(12-15-8-5-9-16(24)10-15)25-20(28)13-18-22(30)26-17(21(29)27-18)11-14-6-3-2-4-7-14/h2-10,17-19H,11-13H2,1H3,(H,25,28)(H,26,30)(H,27,29)/t17-,18-,19-/m0/s1. The minimum atomic E-state index is -1.02. The van der Waals surface area contributed by atoms with Crippen molar-refractivity contribution >= 4 is 39.6 Å². The molecule has 2 aromatic carbocycles. The molecule has 8 nitrogen and oxygen atoms in total. The van der Waals surface area contributed by atoms with Crippen molar-refractivity contribution in [3.05, 3.63) is 70.2 Å². The number of carbonyl (C=O) groups excluding carboxylic acids is 4. The fraction of sp³-hybridized carbons (Fsp3) is 0.304. The molecule has 3 atom stereocenters. The number of esters is 1. The minimum Gasteiger partial charge on any atom is -0.467 e. The SMILES string of the molecule is COC(=O)[C@H](Cc1cccc(Br)c1)NC(=O)C[C@@H]1NC(=O)[C@H](Cc2ccccc2)NC1=O. The number of halogens is 1. The van der Waals surface area contributed by atoms with Crippen LogP contribution in [0.5, 0.6) is 0 Å². The van der Waals surface area contributed by atoms with Gasteiger partial charge in [-0.3, -0.25) is 14.4 Å². The number of piperazine rings is 1. The average Bonchev–Trinajstić information content (AvgIpc) is 2.77. The Kier molecular flexibility index (Phi) is 7.99. The van der Waals surface area contributed by atoms with E-state index in [9.17, 15) is 19.2 Å². The summed E-state index contributed by atoms with van der Waals surface area (Å²) in [6.07, 6.45) is 0.288. The van der Waals surface area contributed by atoms with Crippen LogP contribution in [0.25, 0.3) is 0 Å². The Morgan fingerprint density at radius 3 is 2.34 bits per heavy atom. The molecule has 3 N–H and O–H groups in total. The molecule has 3 amide bonds. The molecule has 1 fully saturated rings. The van der Waals surface area contributed by atoms with Crippen molar-refractivity contribution in [3.8, 4) is 0 Å². The second kappa shape index (κ2) is 10.9. The fourth-order valence-corrected chi connectivity index (χ4v) is 3.93. The van der Waals surface area contributed by atoms with Gasteiger partial charge in [0.05, 0.1) is 13.5 Å². The number of benzene rings is 2. The van der Waals surface area contributed by atoms with Crippen molar-refractivity contribution in [2.75, 3.05) is 7.11 Å². The second-order valence-corrected chi connectivity index (χ2v) is 8.41. The minimum absolute atomic E-state index is 0.222. The van der Waals surface area contributed by atoms with E-state index < -0.39 is 35.9 Å². The number of amides is 3. The Balaban J connectivity index is 1.58. The summed E-state index contributed by atoms with van der Waals surface area (Å²) in [6, 6.07) is 14.0. The van der Waals surface area contributed by atoms with Crippen molar-refractivity contribution < 1.29 is 23.9 Å². The summed E-state index contributed by atoms with van der Waals surface area (Å²) in [7, 11) is 1.24. The number of ether oxygens (including phenoxy) is 1. The van der Waals surface area contributed by atoms with Gasteiger partial charge in [-0.2, -0.15) is 0 Å². The molecule has 1 heterocycles. The van der Waals surface area contributed by atoms with Crippen LogP contribution < -0.4 is 16.0 Å². The quantitative estimate of drug-likeness (QED) is 0.471. The molecule has 0 aliphatic carbocycles. The Morgan fingerprint density at radius 2 is 1.66 bits per heavy atom. The highest BCUT2D eigenvalue weighted by atomic mass is 79.9. The molecule has 0 bridgehead atoms. The molecule has 9 heteroatoms. The van der Waals surface area contributed by atoms with Crippen LogP contribution in [0.3, 0.4) is 0 Å². The van der Waals surface area contributed by atoms with Gasteiger partial charge in [-0.15, -0.1) is 0 Å². The second-order valence-electron chi connectivity index (χ2n) is 7.49. The van der Waals surface area contributed by atoms with Crippen LogP contribution >= 0.6 is 15.9 Å². The summed E-state index contributed by atoms with van der Waals surface area (Å²) >= 11 is 3.37. The van der Waals surface area contributed by atoms with E-state index in [0.717, 1.165) is 15.6 Å². The number of methoxy groups -OCH3 is 1. The summed E-state index contributed by atoms with van der Waals surface area (Å²) in [6.45, 7) is 0. The number of hydrogen-bond donors (Lipinski definition) is 3. The summed E-state index contributed by atoms with van der Waals surface area (Å²) in [5.74, 6) is -1.94.